The molecule has 0 unspecified atom stereocenters. The molecule has 1 aliphatic carbocycles. The lowest BCUT2D eigenvalue weighted by molar-refractivity contribution is 0.0697. The van der Waals surface area contributed by atoms with Gasteiger partial charge in [0.25, 0.3) is 0 Å². The van der Waals surface area contributed by atoms with Gasteiger partial charge in [-0.2, -0.15) is 0 Å². The zero-order valence-corrected chi connectivity index (χ0v) is 10.5. The molecule has 18 heavy (non-hydrogen) atoms. The van der Waals surface area contributed by atoms with E-state index in [1.165, 1.54) is 25.1 Å². The smallest absolute Gasteiger partial charge is 0.337 e. The first-order valence-corrected chi connectivity index (χ1v) is 6.14. The van der Waals surface area contributed by atoms with Crippen molar-refractivity contribution in [2.24, 2.45) is 5.92 Å². The lowest BCUT2D eigenvalue weighted by Crippen LogP contribution is -2.25. The number of aromatic nitrogens is 1. The average molecular weight is 250 g/mol. The number of hydrogen-bond acceptors (Lipinski definition) is 4. The molecule has 5 heteroatoms. The zero-order valence-electron chi connectivity index (χ0n) is 10.5. The van der Waals surface area contributed by atoms with Gasteiger partial charge < -0.3 is 14.7 Å². The Bertz CT molecular complexity index is 418. The van der Waals surface area contributed by atoms with Gasteiger partial charge in [0, 0.05) is 26.4 Å². The molecular weight excluding hydrogens is 232 g/mol. The summed E-state index contributed by atoms with van der Waals surface area (Å²) in [7, 11) is 1.85. The van der Waals surface area contributed by atoms with E-state index in [0.717, 1.165) is 12.5 Å². The second-order valence-electron chi connectivity index (χ2n) is 4.64. The number of aromatic carboxylic acids is 1. The summed E-state index contributed by atoms with van der Waals surface area (Å²) >= 11 is 0. The number of pyridine rings is 1. The molecule has 2 rings (SSSR count). The Hall–Kier alpha value is -1.62. The van der Waals surface area contributed by atoms with Gasteiger partial charge in [0.1, 0.15) is 0 Å². The minimum atomic E-state index is -0.932. The van der Waals surface area contributed by atoms with E-state index in [4.69, 9.17) is 9.84 Å². The van der Waals surface area contributed by atoms with Gasteiger partial charge in [0.15, 0.2) is 0 Å². The molecule has 1 aromatic rings. The van der Waals surface area contributed by atoms with E-state index in [1.807, 2.05) is 11.9 Å². The number of hydrogen-bond donors (Lipinski definition) is 1. The highest BCUT2D eigenvalue weighted by atomic mass is 16.5. The van der Waals surface area contributed by atoms with Crippen LogP contribution in [0.3, 0.4) is 0 Å². The second-order valence-corrected chi connectivity index (χ2v) is 4.64. The third-order valence-electron chi connectivity index (χ3n) is 3.06. The Balaban J connectivity index is 1.86. The molecule has 0 radical (unpaired) electrons. The van der Waals surface area contributed by atoms with Crippen LogP contribution >= 0.6 is 0 Å². The van der Waals surface area contributed by atoms with Crippen LogP contribution in [0.15, 0.2) is 18.5 Å². The molecule has 0 aromatic carbocycles. The molecule has 0 saturated heterocycles. The summed E-state index contributed by atoms with van der Waals surface area (Å²) in [5.41, 5.74) is 0.898. The second kappa shape index (κ2) is 5.82. The van der Waals surface area contributed by atoms with Crippen LogP contribution in [-0.4, -0.2) is 42.9 Å². The van der Waals surface area contributed by atoms with Gasteiger partial charge in [-0.25, -0.2) is 4.79 Å². The molecule has 0 aliphatic heterocycles. The Morgan fingerprint density at radius 1 is 1.61 bits per heavy atom. The number of rotatable bonds is 7. The third-order valence-corrected chi connectivity index (χ3v) is 3.06. The van der Waals surface area contributed by atoms with Crippen LogP contribution in [0.5, 0.6) is 0 Å². The fourth-order valence-electron chi connectivity index (χ4n) is 1.73. The van der Waals surface area contributed by atoms with E-state index >= 15 is 0 Å². The molecule has 0 amide bonds. The Kier molecular flexibility index (Phi) is 4.15. The van der Waals surface area contributed by atoms with Crippen LogP contribution < -0.4 is 4.90 Å². The standard InChI is InChI=1S/C13H18N2O3/c1-15(6-7-18-9-10-2-3-10)12-8-14-5-4-11(12)13(16)17/h4-5,8,10H,2-3,6-7,9H2,1H3,(H,16,17). The summed E-state index contributed by atoms with van der Waals surface area (Å²) in [6.45, 7) is 2.10. The van der Waals surface area contributed by atoms with Gasteiger partial charge >= 0.3 is 5.97 Å². The average Bonchev–Trinajstić information content (AvgIpc) is 3.18. The minimum Gasteiger partial charge on any atom is -0.478 e. The summed E-state index contributed by atoms with van der Waals surface area (Å²) in [5.74, 6) is -0.179. The van der Waals surface area contributed by atoms with Gasteiger partial charge in [-0.05, 0) is 24.8 Å². The summed E-state index contributed by atoms with van der Waals surface area (Å²) < 4.78 is 5.54. The van der Waals surface area contributed by atoms with Crippen molar-refractivity contribution >= 4 is 11.7 Å². The molecule has 1 saturated carbocycles. The molecule has 5 nitrogen and oxygen atoms in total. The van der Waals surface area contributed by atoms with Crippen LogP contribution in [-0.2, 0) is 4.74 Å². The highest BCUT2D eigenvalue weighted by Gasteiger charge is 2.21. The predicted octanol–water partition coefficient (Wildman–Crippen LogP) is 1.64. The third kappa shape index (κ3) is 3.43. The Labute approximate surface area is 106 Å². The lowest BCUT2D eigenvalue weighted by Gasteiger charge is -2.20. The number of anilines is 1. The van der Waals surface area contributed by atoms with Crippen LogP contribution in [0.4, 0.5) is 5.69 Å². The topological polar surface area (TPSA) is 62.7 Å². The quantitative estimate of drug-likeness (QED) is 0.745. The summed E-state index contributed by atoms with van der Waals surface area (Å²) in [6, 6.07) is 1.51. The first kappa shape index (κ1) is 12.8. The van der Waals surface area contributed by atoms with Gasteiger partial charge in [0.2, 0.25) is 0 Å². The van der Waals surface area contributed by atoms with Crippen LogP contribution in [0.1, 0.15) is 23.2 Å². The molecule has 1 aliphatic rings. The minimum absolute atomic E-state index is 0.273. The van der Waals surface area contributed by atoms with Crippen molar-refractivity contribution in [1.29, 1.82) is 0 Å². The number of ether oxygens (including phenoxy) is 1. The van der Waals surface area contributed by atoms with Gasteiger partial charge in [-0.1, -0.05) is 0 Å². The number of carboxylic acids is 1. The van der Waals surface area contributed by atoms with Gasteiger partial charge in [0.05, 0.1) is 24.1 Å². The first-order valence-electron chi connectivity index (χ1n) is 6.14. The maximum absolute atomic E-state index is 11.1. The van der Waals surface area contributed by atoms with Crippen molar-refractivity contribution in [2.75, 3.05) is 31.7 Å². The fraction of sp³-hybridized carbons (Fsp3) is 0.538. The van der Waals surface area contributed by atoms with E-state index in [-0.39, 0.29) is 5.56 Å². The summed E-state index contributed by atoms with van der Waals surface area (Å²) in [6.07, 6.45) is 5.62. The molecule has 1 heterocycles. The number of nitrogens with zero attached hydrogens (tertiary/aromatic N) is 2. The normalized spacial score (nSPS) is 14.5. The predicted molar refractivity (Wildman–Crippen MR) is 68.0 cm³/mol. The van der Waals surface area contributed by atoms with Crippen molar-refractivity contribution < 1.29 is 14.6 Å². The number of likely N-dealkylation sites (N-methyl/N-ethyl adjacent to an activating group) is 1. The largest absolute Gasteiger partial charge is 0.478 e. The van der Waals surface area contributed by atoms with E-state index in [1.54, 1.807) is 6.20 Å². The van der Waals surface area contributed by atoms with Gasteiger partial charge in [-0.3, -0.25) is 4.98 Å². The van der Waals surface area contributed by atoms with Crippen molar-refractivity contribution in [3.05, 3.63) is 24.0 Å². The van der Waals surface area contributed by atoms with Crippen molar-refractivity contribution in [3.8, 4) is 0 Å². The highest BCUT2D eigenvalue weighted by molar-refractivity contribution is 5.94. The van der Waals surface area contributed by atoms with Crippen LogP contribution in [0, 0.1) is 5.92 Å². The Morgan fingerprint density at radius 2 is 2.39 bits per heavy atom. The number of carbonyl (C=O) groups is 1. The van der Waals surface area contributed by atoms with Crippen molar-refractivity contribution in [2.45, 2.75) is 12.8 Å². The molecule has 0 spiro atoms. The number of carboxylic acid groups (broad SMARTS) is 1. The molecule has 1 aromatic heterocycles. The maximum Gasteiger partial charge on any atom is 0.337 e. The van der Waals surface area contributed by atoms with E-state index < -0.39 is 5.97 Å². The maximum atomic E-state index is 11.1. The first-order chi connectivity index (χ1) is 8.68. The molecule has 98 valence electrons. The Morgan fingerprint density at radius 3 is 3.06 bits per heavy atom. The SMILES string of the molecule is CN(CCOCC1CC1)c1cnccc1C(=O)O. The molecule has 0 atom stereocenters. The van der Waals surface area contributed by atoms with Gasteiger partial charge in [-0.15, -0.1) is 0 Å². The van der Waals surface area contributed by atoms with Crippen LogP contribution in [0.2, 0.25) is 0 Å². The molecule has 1 N–H and O–H groups in total. The highest BCUT2D eigenvalue weighted by Crippen LogP contribution is 2.28. The molecular formula is C13H18N2O3. The lowest BCUT2D eigenvalue weighted by atomic mass is 10.2. The molecule has 0 bridgehead atoms. The monoisotopic (exact) mass is 250 g/mol. The van der Waals surface area contributed by atoms with Crippen LogP contribution in [0.25, 0.3) is 0 Å². The van der Waals surface area contributed by atoms with Crippen molar-refractivity contribution in [1.82, 2.24) is 4.98 Å². The summed E-state index contributed by atoms with van der Waals surface area (Å²) in [5, 5.41) is 9.08. The molecule has 1 fully saturated rings. The summed E-state index contributed by atoms with van der Waals surface area (Å²) in [4.78, 5) is 16.9. The fourth-order valence-corrected chi connectivity index (χ4v) is 1.73. The van der Waals surface area contributed by atoms with E-state index in [2.05, 4.69) is 4.98 Å². The van der Waals surface area contributed by atoms with E-state index in [9.17, 15) is 4.79 Å². The van der Waals surface area contributed by atoms with E-state index in [0.29, 0.717) is 18.8 Å². The van der Waals surface area contributed by atoms with Crippen molar-refractivity contribution in [3.63, 3.8) is 0 Å². The zero-order chi connectivity index (χ0) is 13.0.